The number of carbonyl (C=O) groups excluding carboxylic acids is 1. The lowest BCUT2D eigenvalue weighted by atomic mass is 10.2. The number of aromatic nitrogens is 2. The smallest absolute Gasteiger partial charge is 0.241 e. The zero-order chi connectivity index (χ0) is 22.4. The van der Waals surface area contributed by atoms with Crippen molar-refractivity contribution in [3.63, 3.8) is 0 Å². The SMILES string of the molecule is COc1ccc(N(CC(=O)NCc2ccc(-n3ccnc3)cc2)S(C)(=O)=O)cc1OC. The molecule has 0 radical (unpaired) electrons. The Bertz CT molecular complexity index is 1130. The topological polar surface area (TPSA) is 103 Å². The van der Waals surface area contributed by atoms with E-state index < -0.39 is 15.9 Å². The molecule has 0 fully saturated rings. The first-order valence-electron chi connectivity index (χ1n) is 9.35. The summed E-state index contributed by atoms with van der Waals surface area (Å²) < 4.78 is 37.9. The Labute approximate surface area is 181 Å². The quantitative estimate of drug-likeness (QED) is 0.541. The predicted molar refractivity (Wildman–Crippen MR) is 117 cm³/mol. The van der Waals surface area contributed by atoms with Crippen molar-refractivity contribution in [2.24, 2.45) is 0 Å². The van der Waals surface area contributed by atoms with Crippen LogP contribution in [0.3, 0.4) is 0 Å². The predicted octanol–water partition coefficient (Wildman–Crippen LogP) is 1.97. The summed E-state index contributed by atoms with van der Waals surface area (Å²) in [4.78, 5) is 16.5. The molecule has 3 rings (SSSR count). The number of hydrogen-bond acceptors (Lipinski definition) is 6. The molecule has 1 N–H and O–H groups in total. The van der Waals surface area contributed by atoms with E-state index >= 15 is 0 Å². The average Bonchev–Trinajstić information content (AvgIpc) is 3.30. The Morgan fingerprint density at radius 1 is 1.10 bits per heavy atom. The average molecular weight is 445 g/mol. The van der Waals surface area contributed by atoms with Crippen molar-refractivity contribution in [2.45, 2.75) is 6.54 Å². The second kappa shape index (κ2) is 9.52. The fraction of sp³-hybridized carbons (Fsp3) is 0.238. The molecule has 31 heavy (non-hydrogen) atoms. The van der Waals surface area contributed by atoms with Crippen LogP contribution in [0, 0.1) is 0 Å². The fourth-order valence-electron chi connectivity index (χ4n) is 2.96. The molecule has 10 heteroatoms. The number of hydrogen-bond donors (Lipinski definition) is 1. The second-order valence-electron chi connectivity index (χ2n) is 6.72. The number of carbonyl (C=O) groups is 1. The number of rotatable bonds is 9. The van der Waals surface area contributed by atoms with E-state index in [-0.39, 0.29) is 13.1 Å². The third-order valence-corrected chi connectivity index (χ3v) is 5.71. The van der Waals surface area contributed by atoms with Crippen molar-refractivity contribution < 1.29 is 22.7 Å². The van der Waals surface area contributed by atoms with Crippen LogP contribution >= 0.6 is 0 Å². The molecule has 164 valence electrons. The van der Waals surface area contributed by atoms with Gasteiger partial charge in [-0.15, -0.1) is 0 Å². The summed E-state index contributed by atoms with van der Waals surface area (Å²) in [5, 5.41) is 2.76. The number of ether oxygens (including phenoxy) is 2. The molecule has 3 aromatic rings. The molecule has 1 heterocycles. The van der Waals surface area contributed by atoms with Gasteiger partial charge in [0.1, 0.15) is 6.54 Å². The van der Waals surface area contributed by atoms with E-state index in [4.69, 9.17) is 9.47 Å². The number of nitrogens with one attached hydrogen (secondary N) is 1. The molecule has 0 bridgehead atoms. The molecule has 1 amide bonds. The summed E-state index contributed by atoms with van der Waals surface area (Å²) >= 11 is 0. The maximum atomic E-state index is 12.5. The van der Waals surface area contributed by atoms with Crippen LogP contribution in [0.5, 0.6) is 11.5 Å². The van der Waals surface area contributed by atoms with Gasteiger partial charge in [-0.2, -0.15) is 0 Å². The summed E-state index contributed by atoms with van der Waals surface area (Å²) in [5.41, 5.74) is 2.14. The second-order valence-corrected chi connectivity index (χ2v) is 8.63. The fourth-order valence-corrected chi connectivity index (χ4v) is 3.81. The molecule has 0 aliphatic rings. The number of imidazole rings is 1. The lowest BCUT2D eigenvalue weighted by Gasteiger charge is -2.23. The van der Waals surface area contributed by atoms with E-state index in [2.05, 4.69) is 10.3 Å². The van der Waals surface area contributed by atoms with Gasteiger partial charge in [0.05, 0.1) is 32.5 Å². The van der Waals surface area contributed by atoms with Gasteiger partial charge in [0.2, 0.25) is 15.9 Å². The van der Waals surface area contributed by atoms with E-state index in [1.165, 1.54) is 20.3 Å². The molecule has 9 nitrogen and oxygen atoms in total. The van der Waals surface area contributed by atoms with Gasteiger partial charge in [-0.05, 0) is 29.8 Å². The summed E-state index contributed by atoms with van der Waals surface area (Å²) in [7, 11) is -0.761. The van der Waals surface area contributed by atoms with Crippen molar-refractivity contribution in [2.75, 3.05) is 31.3 Å². The summed E-state index contributed by atoms with van der Waals surface area (Å²) in [6.07, 6.45) is 6.28. The highest BCUT2D eigenvalue weighted by atomic mass is 32.2. The molecule has 0 saturated heterocycles. The standard InChI is InChI=1S/C21H24N4O5S/c1-29-19-9-8-18(12-20(19)30-2)25(31(3,27)28)14-21(26)23-13-16-4-6-17(7-5-16)24-11-10-22-15-24/h4-12,15H,13-14H2,1-3H3,(H,23,26). The van der Waals surface area contributed by atoms with Gasteiger partial charge in [0, 0.05) is 30.7 Å². The Morgan fingerprint density at radius 3 is 2.39 bits per heavy atom. The highest BCUT2D eigenvalue weighted by Gasteiger charge is 2.22. The Morgan fingerprint density at radius 2 is 1.81 bits per heavy atom. The highest BCUT2D eigenvalue weighted by Crippen LogP contribution is 2.32. The Kier molecular flexibility index (Phi) is 6.81. The molecule has 0 spiro atoms. The molecule has 0 aliphatic heterocycles. The molecule has 0 unspecified atom stereocenters. The number of amides is 1. The third-order valence-electron chi connectivity index (χ3n) is 4.57. The number of anilines is 1. The third kappa shape index (κ3) is 5.54. The first-order valence-corrected chi connectivity index (χ1v) is 11.2. The van der Waals surface area contributed by atoms with Crippen LogP contribution in [0.2, 0.25) is 0 Å². The van der Waals surface area contributed by atoms with Gasteiger partial charge < -0.3 is 19.4 Å². The zero-order valence-electron chi connectivity index (χ0n) is 17.5. The van der Waals surface area contributed by atoms with Crippen LogP contribution in [0.25, 0.3) is 5.69 Å². The lowest BCUT2D eigenvalue weighted by molar-refractivity contribution is -0.119. The highest BCUT2D eigenvalue weighted by molar-refractivity contribution is 7.92. The van der Waals surface area contributed by atoms with E-state index in [1.807, 2.05) is 35.0 Å². The summed E-state index contributed by atoms with van der Waals surface area (Å²) in [6, 6.07) is 12.3. The number of sulfonamides is 1. The minimum absolute atomic E-state index is 0.270. The van der Waals surface area contributed by atoms with E-state index in [0.29, 0.717) is 17.2 Å². The summed E-state index contributed by atoms with van der Waals surface area (Å²) in [6.45, 7) is -0.0893. The van der Waals surface area contributed by atoms with Crippen LogP contribution in [-0.2, 0) is 21.4 Å². The maximum Gasteiger partial charge on any atom is 0.241 e. The number of methoxy groups -OCH3 is 2. The first-order chi connectivity index (χ1) is 14.8. The van der Waals surface area contributed by atoms with Crippen molar-refractivity contribution in [1.29, 1.82) is 0 Å². The Balaban J connectivity index is 1.68. The van der Waals surface area contributed by atoms with Crippen LogP contribution < -0.4 is 19.1 Å². The molecule has 0 saturated carbocycles. The summed E-state index contributed by atoms with van der Waals surface area (Å²) in [5.74, 6) is 0.397. The van der Waals surface area contributed by atoms with Crippen LogP contribution in [0.4, 0.5) is 5.69 Å². The first kappa shape index (κ1) is 22.2. The normalized spacial score (nSPS) is 11.1. The minimum atomic E-state index is -3.70. The molecule has 0 atom stereocenters. The van der Waals surface area contributed by atoms with Gasteiger partial charge in [-0.3, -0.25) is 9.10 Å². The zero-order valence-corrected chi connectivity index (χ0v) is 18.3. The largest absolute Gasteiger partial charge is 0.493 e. The maximum absolute atomic E-state index is 12.5. The van der Waals surface area contributed by atoms with Gasteiger partial charge in [0.15, 0.2) is 11.5 Å². The van der Waals surface area contributed by atoms with Gasteiger partial charge in [0.25, 0.3) is 0 Å². The van der Waals surface area contributed by atoms with Gasteiger partial charge >= 0.3 is 0 Å². The monoisotopic (exact) mass is 444 g/mol. The number of nitrogens with zero attached hydrogens (tertiary/aromatic N) is 3. The van der Waals surface area contributed by atoms with Crippen molar-refractivity contribution in [3.05, 3.63) is 66.7 Å². The molecular weight excluding hydrogens is 420 g/mol. The van der Waals surface area contributed by atoms with E-state index in [0.717, 1.165) is 21.8 Å². The van der Waals surface area contributed by atoms with E-state index in [9.17, 15) is 13.2 Å². The Hall–Kier alpha value is -3.53. The molecule has 0 aliphatic carbocycles. The van der Waals surface area contributed by atoms with Crippen molar-refractivity contribution >= 4 is 21.6 Å². The molecular formula is C21H24N4O5S. The minimum Gasteiger partial charge on any atom is -0.493 e. The van der Waals surface area contributed by atoms with Crippen LogP contribution in [0.1, 0.15) is 5.56 Å². The van der Waals surface area contributed by atoms with Crippen molar-refractivity contribution in [3.8, 4) is 17.2 Å². The van der Waals surface area contributed by atoms with Crippen LogP contribution in [-0.4, -0.2) is 50.9 Å². The van der Waals surface area contributed by atoms with E-state index in [1.54, 1.807) is 24.7 Å². The van der Waals surface area contributed by atoms with Crippen molar-refractivity contribution in [1.82, 2.24) is 14.9 Å². The molecule has 1 aromatic heterocycles. The van der Waals surface area contributed by atoms with Gasteiger partial charge in [-0.25, -0.2) is 13.4 Å². The van der Waals surface area contributed by atoms with Crippen LogP contribution in [0.15, 0.2) is 61.2 Å². The lowest BCUT2D eigenvalue weighted by Crippen LogP contribution is -2.40. The molecule has 2 aromatic carbocycles. The van der Waals surface area contributed by atoms with Gasteiger partial charge in [-0.1, -0.05) is 12.1 Å². The number of benzene rings is 2.